The molecule has 1 fully saturated rings. The Morgan fingerprint density at radius 1 is 1.36 bits per heavy atom. The number of alkyl halides is 3. The highest BCUT2D eigenvalue weighted by molar-refractivity contribution is 5.10. The topological polar surface area (TPSA) is 55.1 Å². The molecule has 8 heteroatoms. The number of aryl methyl sites for hydroxylation is 1. The van der Waals surface area contributed by atoms with Crippen molar-refractivity contribution in [2.75, 3.05) is 6.54 Å². The summed E-state index contributed by atoms with van der Waals surface area (Å²) in [6.07, 6.45) is -0.0348. The molecule has 0 aliphatic carbocycles. The Labute approximate surface area is 125 Å². The van der Waals surface area contributed by atoms with Crippen molar-refractivity contribution < 1.29 is 17.6 Å². The number of hydrogen-bond acceptors (Lipinski definition) is 5. The number of rotatable bonds is 3. The maximum atomic E-state index is 12.8. The Morgan fingerprint density at radius 2 is 2.18 bits per heavy atom. The summed E-state index contributed by atoms with van der Waals surface area (Å²) in [5.74, 6) is 1.47. The van der Waals surface area contributed by atoms with Crippen molar-refractivity contribution >= 4 is 0 Å². The van der Waals surface area contributed by atoms with Gasteiger partial charge in [-0.1, -0.05) is 0 Å². The molecule has 0 saturated carbocycles. The van der Waals surface area contributed by atoms with E-state index in [2.05, 4.69) is 15.0 Å². The van der Waals surface area contributed by atoms with Crippen molar-refractivity contribution in [1.29, 1.82) is 0 Å². The lowest BCUT2D eigenvalue weighted by Gasteiger charge is -2.22. The molecule has 0 radical (unpaired) electrons. The summed E-state index contributed by atoms with van der Waals surface area (Å²) >= 11 is 0. The third-order valence-corrected chi connectivity index (χ3v) is 3.65. The number of halogens is 3. The molecule has 2 aromatic rings. The van der Waals surface area contributed by atoms with Gasteiger partial charge in [0.05, 0.1) is 18.8 Å². The van der Waals surface area contributed by atoms with Crippen LogP contribution in [-0.4, -0.2) is 26.4 Å². The van der Waals surface area contributed by atoms with Crippen LogP contribution in [0.2, 0.25) is 0 Å². The molecule has 1 aliphatic rings. The lowest BCUT2D eigenvalue weighted by Crippen LogP contribution is -2.25. The minimum atomic E-state index is -4.46. The highest BCUT2D eigenvalue weighted by Crippen LogP contribution is 2.33. The van der Waals surface area contributed by atoms with E-state index in [9.17, 15) is 13.2 Å². The molecule has 0 aromatic carbocycles. The fraction of sp³-hybridized carbons (Fsp3) is 0.500. The fourth-order valence-corrected chi connectivity index (χ4v) is 2.68. The van der Waals surface area contributed by atoms with Gasteiger partial charge in [-0.15, -0.1) is 0 Å². The van der Waals surface area contributed by atoms with Crippen molar-refractivity contribution in [2.45, 2.75) is 38.5 Å². The van der Waals surface area contributed by atoms with Gasteiger partial charge in [-0.05, 0) is 25.5 Å². The first-order chi connectivity index (χ1) is 10.4. The lowest BCUT2D eigenvalue weighted by atomic mass is 10.2. The van der Waals surface area contributed by atoms with Crippen LogP contribution in [0.5, 0.6) is 0 Å². The Balaban J connectivity index is 1.81. The van der Waals surface area contributed by atoms with Gasteiger partial charge in [0.15, 0.2) is 5.89 Å². The molecule has 1 atom stereocenters. The molecule has 22 heavy (non-hydrogen) atoms. The smallest absolute Gasteiger partial charge is 0.433 e. The average Bonchev–Trinajstić information content (AvgIpc) is 3.08. The second kappa shape index (κ2) is 5.68. The fourth-order valence-electron chi connectivity index (χ4n) is 2.68. The molecule has 1 unspecified atom stereocenters. The van der Waals surface area contributed by atoms with Crippen LogP contribution in [-0.2, 0) is 12.7 Å². The first-order valence-electron chi connectivity index (χ1n) is 6.99. The van der Waals surface area contributed by atoms with E-state index >= 15 is 0 Å². The van der Waals surface area contributed by atoms with Crippen LogP contribution in [0.25, 0.3) is 0 Å². The number of nitrogens with zero attached hydrogens (tertiary/aromatic N) is 4. The first kappa shape index (κ1) is 15.0. The maximum Gasteiger partial charge on any atom is 0.433 e. The normalized spacial score (nSPS) is 19.7. The summed E-state index contributed by atoms with van der Waals surface area (Å²) < 4.78 is 43.8. The van der Waals surface area contributed by atoms with Crippen LogP contribution >= 0.6 is 0 Å². The van der Waals surface area contributed by atoms with E-state index in [1.165, 1.54) is 6.20 Å². The van der Waals surface area contributed by atoms with E-state index in [-0.39, 0.29) is 11.9 Å². The largest absolute Gasteiger partial charge is 0.445 e. The monoisotopic (exact) mass is 312 g/mol. The first-order valence-corrected chi connectivity index (χ1v) is 6.99. The zero-order valence-electron chi connectivity index (χ0n) is 12.0. The second-order valence-electron chi connectivity index (χ2n) is 5.27. The summed E-state index contributed by atoms with van der Waals surface area (Å²) in [5.41, 5.74) is -0.903. The van der Waals surface area contributed by atoms with Crippen LogP contribution in [0.15, 0.2) is 22.9 Å². The van der Waals surface area contributed by atoms with Crippen molar-refractivity contribution in [3.05, 3.63) is 41.6 Å². The minimum Gasteiger partial charge on any atom is -0.445 e. The van der Waals surface area contributed by atoms with Gasteiger partial charge in [0.25, 0.3) is 0 Å². The summed E-state index contributed by atoms with van der Waals surface area (Å²) in [4.78, 5) is 13.8. The molecule has 0 spiro atoms. The highest BCUT2D eigenvalue weighted by Gasteiger charge is 2.35. The molecular weight excluding hydrogens is 297 g/mol. The van der Waals surface area contributed by atoms with Gasteiger partial charge >= 0.3 is 6.18 Å². The summed E-state index contributed by atoms with van der Waals surface area (Å²) in [7, 11) is 0. The highest BCUT2D eigenvalue weighted by atomic mass is 19.4. The number of oxazole rings is 1. The van der Waals surface area contributed by atoms with E-state index in [1.54, 1.807) is 13.1 Å². The SMILES string of the molecule is Cc1ncc(CN2CCCC2c2nccc(C(F)(F)F)n2)o1. The van der Waals surface area contributed by atoms with E-state index in [0.717, 1.165) is 25.5 Å². The zero-order valence-corrected chi connectivity index (χ0v) is 12.0. The van der Waals surface area contributed by atoms with Crippen LogP contribution < -0.4 is 0 Å². The maximum absolute atomic E-state index is 12.8. The summed E-state index contributed by atoms with van der Waals surface area (Å²) in [6, 6.07) is 0.662. The molecule has 118 valence electrons. The number of likely N-dealkylation sites (tertiary alicyclic amines) is 1. The molecule has 3 rings (SSSR count). The predicted molar refractivity (Wildman–Crippen MR) is 70.7 cm³/mol. The van der Waals surface area contributed by atoms with Crippen LogP contribution in [0.3, 0.4) is 0 Å². The van der Waals surface area contributed by atoms with Gasteiger partial charge in [-0.2, -0.15) is 13.2 Å². The van der Waals surface area contributed by atoms with Gasteiger partial charge < -0.3 is 4.42 Å². The average molecular weight is 312 g/mol. The quantitative estimate of drug-likeness (QED) is 0.871. The standard InChI is InChI=1S/C14H15F3N4O/c1-9-19-7-10(22-9)8-21-6-2-3-11(21)13-18-5-4-12(20-13)14(15,16)17/h4-5,7,11H,2-3,6,8H2,1H3. The van der Waals surface area contributed by atoms with Crippen molar-refractivity contribution in [2.24, 2.45) is 0 Å². The number of aromatic nitrogens is 3. The molecule has 1 aliphatic heterocycles. The molecule has 2 aromatic heterocycles. The zero-order chi connectivity index (χ0) is 15.7. The molecule has 0 N–H and O–H groups in total. The van der Waals surface area contributed by atoms with Crippen molar-refractivity contribution in [3.63, 3.8) is 0 Å². The van der Waals surface area contributed by atoms with Crippen LogP contribution in [0.4, 0.5) is 13.2 Å². The van der Waals surface area contributed by atoms with Gasteiger partial charge in [0.1, 0.15) is 17.3 Å². The van der Waals surface area contributed by atoms with Gasteiger partial charge in [0.2, 0.25) is 0 Å². The third kappa shape index (κ3) is 3.11. The third-order valence-electron chi connectivity index (χ3n) is 3.65. The summed E-state index contributed by atoms with van der Waals surface area (Å²) in [6.45, 7) is 3.01. The molecular formula is C14H15F3N4O. The molecule has 0 amide bonds. The van der Waals surface area contributed by atoms with E-state index < -0.39 is 11.9 Å². The van der Waals surface area contributed by atoms with Crippen LogP contribution in [0, 0.1) is 6.92 Å². The van der Waals surface area contributed by atoms with E-state index in [1.807, 2.05) is 4.90 Å². The van der Waals surface area contributed by atoms with Gasteiger partial charge in [-0.3, -0.25) is 4.90 Å². The van der Waals surface area contributed by atoms with Crippen molar-refractivity contribution in [1.82, 2.24) is 19.9 Å². The Morgan fingerprint density at radius 3 is 2.86 bits per heavy atom. The Hall–Kier alpha value is -1.96. The molecule has 5 nitrogen and oxygen atoms in total. The summed E-state index contributed by atoms with van der Waals surface area (Å²) in [5, 5.41) is 0. The minimum absolute atomic E-state index is 0.212. The Bertz CT molecular complexity index is 656. The lowest BCUT2D eigenvalue weighted by molar-refractivity contribution is -0.141. The van der Waals surface area contributed by atoms with Gasteiger partial charge in [-0.25, -0.2) is 15.0 Å². The second-order valence-corrected chi connectivity index (χ2v) is 5.27. The van der Waals surface area contributed by atoms with Gasteiger partial charge in [0, 0.05) is 13.1 Å². The Kier molecular flexibility index (Phi) is 3.86. The molecule has 1 saturated heterocycles. The van der Waals surface area contributed by atoms with E-state index in [4.69, 9.17) is 4.42 Å². The predicted octanol–water partition coefficient (Wildman–Crippen LogP) is 3.13. The van der Waals surface area contributed by atoms with E-state index in [0.29, 0.717) is 18.2 Å². The molecule has 3 heterocycles. The molecule has 0 bridgehead atoms. The van der Waals surface area contributed by atoms with Crippen molar-refractivity contribution in [3.8, 4) is 0 Å². The number of hydrogen-bond donors (Lipinski definition) is 0. The van der Waals surface area contributed by atoms with Crippen LogP contribution in [0.1, 0.15) is 42.1 Å².